The van der Waals surface area contributed by atoms with Crippen LogP contribution in [-0.4, -0.2) is 19.5 Å². The van der Waals surface area contributed by atoms with E-state index in [0.717, 1.165) is 5.56 Å². The van der Waals surface area contributed by atoms with Crippen molar-refractivity contribution in [1.29, 1.82) is 0 Å². The molecule has 0 heterocycles. The molecule has 0 radical (unpaired) electrons. The minimum absolute atomic E-state index is 0.215. The number of sulfone groups is 1. The van der Waals surface area contributed by atoms with Gasteiger partial charge >= 0.3 is 0 Å². The number of rotatable bonds is 5. The maximum atomic E-state index is 12.3. The van der Waals surface area contributed by atoms with Crippen molar-refractivity contribution < 1.29 is 13.2 Å². The maximum Gasteiger partial charge on any atom is 0.188 e. The zero-order chi connectivity index (χ0) is 13.1. The van der Waals surface area contributed by atoms with Gasteiger partial charge in [0.25, 0.3) is 0 Å². The van der Waals surface area contributed by atoms with Crippen molar-refractivity contribution >= 4 is 15.6 Å². The molecule has 1 aromatic rings. The number of aryl methyl sites for hydroxylation is 1. The molecule has 0 fully saturated rings. The standard InChI is InChI=1S/C13H18O3S/c1-4-12(14)13(5-2)17(15,16)11-8-6-10(3)7-9-11/h6-9,13H,4-5H2,1-3H3. The first-order valence-corrected chi connectivity index (χ1v) is 7.31. The summed E-state index contributed by atoms with van der Waals surface area (Å²) in [7, 11) is -3.53. The molecular weight excluding hydrogens is 236 g/mol. The Bertz CT molecular complexity index is 486. The van der Waals surface area contributed by atoms with Gasteiger partial charge in [0, 0.05) is 6.42 Å². The number of carbonyl (C=O) groups is 1. The summed E-state index contributed by atoms with van der Waals surface area (Å²) in [4.78, 5) is 11.9. The topological polar surface area (TPSA) is 51.2 Å². The van der Waals surface area contributed by atoms with Gasteiger partial charge in [-0.3, -0.25) is 4.79 Å². The molecule has 17 heavy (non-hydrogen) atoms. The Kier molecular flexibility index (Phi) is 4.46. The van der Waals surface area contributed by atoms with E-state index in [2.05, 4.69) is 0 Å². The molecule has 0 aliphatic carbocycles. The molecule has 4 heteroatoms. The zero-order valence-electron chi connectivity index (χ0n) is 10.4. The van der Waals surface area contributed by atoms with Crippen LogP contribution in [0.1, 0.15) is 32.3 Å². The van der Waals surface area contributed by atoms with E-state index in [-0.39, 0.29) is 17.1 Å². The SMILES string of the molecule is CCC(=O)C(CC)S(=O)(=O)c1ccc(C)cc1. The summed E-state index contributed by atoms with van der Waals surface area (Å²) in [5, 5.41) is -0.907. The van der Waals surface area contributed by atoms with Crippen molar-refractivity contribution in [2.75, 3.05) is 0 Å². The molecule has 0 saturated heterocycles. The molecule has 0 aliphatic rings. The highest BCUT2D eigenvalue weighted by Crippen LogP contribution is 2.20. The summed E-state index contributed by atoms with van der Waals surface area (Å²) in [5.74, 6) is -0.215. The first-order valence-electron chi connectivity index (χ1n) is 5.76. The Morgan fingerprint density at radius 3 is 2.12 bits per heavy atom. The van der Waals surface area contributed by atoms with Crippen molar-refractivity contribution in [2.24, 2.45) is 0 Å². The van der Waals surface area contributed by atoms with Crippen LogP contribution < -0.4 is 0 Å². The van der Waals surface area contributed by atoms with E-state index in [1.807, 2.05) is 6.92 Å². The Morgan fingerprint density at radius 1 is 1.18 bits per heavy atom. The Morgan fingerprint density at radius 2 is 1.71 bits per heavy atom. The van der Waals surface area contributed by atoms with Crippen molar-refractivity contribution in [1.82, 2.24) is 0 Å². The van der Waals surface area contributed by atoms with Crippen molar-refractivity contribution in [3.63, 3.8) is 0 Å². The number of benzene rings is 1. The Labute approximate surface area is 103 Å². The highest BCUT2D eigenvalue weighted by molar-refractivity contribution is 7.92. The van der Waals surface area contributed by atoms with Crippen LogP contribution in [-0.2, 0) is 14.6 Å². The molecule has 1 unspecified atom stereocenters. The van der Waals surface area contributed by atoms with Crippen molar-refractivity contribution in [3.05, 3.63) is 29.8 Å². The van der Waals surface area contributed by atoms with E-state index in [1.165, 1.54) is 0 Å². The summed E-state index contributed by atoms with van der Waals surface area (Å²) in [5.41, 5.74) is 0.999. The fraction of sp³-hybridized carbons (Fsp3) is 0.462. The van der Waals surface area contributed by atoms with Crippen molar-refractivity contribution in [2.45, 2.75) is 43.8 Å². The second-order valence-electron chi connectivity index (χ2n) is 4.07. The molecular formula is C13H18O3S. The molecule has 0 N–H and O–H groups in total. The Hall–Kier alpha value is -1.16. The summed E-state index contributed by atoms with van der Waals surface area (Å²) in [6, 6.07) is 6.62. The third-order valence-electron chi connectivity index (χ3n) is 2.80. The van der Waals surface area contributed by atoms with E-state index >= 15 is 0 Å². The van der Waals surface area contributed by atoms with Crippen LogP contribution in [0.2, 0.25) is 0 Å². The number of carbonyl (C=O) groups excluding carboxylic acids is 1. The molecule has 0 aromatic heterocycles. The quantitative estimate of drug-likeness (QED) is 0.811. The molecule has 3 nitrogen and oxygen atoms in total. The first kappa shape index (κ1) is 13.9. The molecule has 0 spiro atoms. The number of Topliss-reactive ketones (excluding diaryl/α,β-unsaturated/α-hetero) is 1. The van der Waals surface area contributed by atoms with Gasteiger partial charge < -0.3 is 0 Å². The summed E-state index contributed by atoms with van der Waals surface area (Å²) in [6.45, 7) is 5.31. The lowest BCUT2D eigenvalue weighted by Crippen LogP contribution is -2.29. The van der Waals surface area contributed by atoms with Gasteiger partial charge in [-0.1, -0.05) is 31.5 Å². The normalized spacial score (nSPS) is 13.4. The summed E-state index contributed by atoms with van der Waals surface area (Å²) < 4.78 is 24.5. The third kappa shape index (κ3) is 2.94. The smallest absolute Gasteiger partial charge is 0.188 e. The largest absolute Gasteiger partial charge is 0.298 e. The average molecular weight is 254 g/mol. The minimum Gasteiger partial charge on any atom is -0.298 e. The van der Waals surface area contributed by atoms with E-state index in [4.69, 9.17) is 0 Å². The highest BCUT2D eigenvalue weighted by atomic mass is 32.2. The molecule has 94 valence electrons. The predicted molar refractivity (Wildman–Crippen MR) is 67.7 cm³/mol. The number of hydrogen-bond acceptors (Lipinski definition) is 3. The van der Waals surface area contributed by atoms with Crippen LogP contribution in [0, 0.1) is 6.92 Å². The predicted octanol–water partition coefficient (Wildman–Crippen LogP) is 2.53. The molecule has 0 bridgehead atoms. The lowest BCUT2D eigenvalue weighted by Gasteiger charge is -2.14. The monoisotopic (exact) mass is 254 g/mol. The van der Waals surface area contributed by atoms with Crippen LogP contribution in [0.5, 0.6) is 0 Å². The van der Waals surface area contributed by atoms with E-state index < -0.39 is 15.1 Å². The fourth-order valence-electron chi connectivity index (χ4n) is 1.74. The van der Waals surface area contributed by atoms with Gasteiger partial charge in [-0.05, 0) is 25.5 Å². The van der Waals surface area contributed by atoms with Crippen molar-refractivity contribution in [3.8, 4) is 0 Å². The first-order chi connectivity index (χ1) is 7.93. The third-order valence-corrected chi connectivity index (χ3v) is 5.08. The average Bonchev–Trinajstić information content (AvgIpc) is 2.29. The summed E-state index contributed by atoms with van der Waals surface area (Å²) >= 11 is 0. The summed E-state index contributed by atoms with van der Waals surface area (Å²) in [6.07, 6.45) is 0.576. The lowest BCUT2D eigenvalue weighted by molar-refractivity contribution is -0.118. The number of hydrogen-bond donors (Lipinski definition) is 0. The van der Waals surface area contributed by atoms with Gasteiger partial charge in [-0.15, -0.1) is 0 Å². The fourth-order valence-corrected chi connectivity index (χ4v) is 3.54. The van der Waals surface area contributed by atoms with E-state index in [1.54, 1.807) is 38.1 Å². The molecule has 1 aromatic carbocycles. The van der Waals surface area contributed by atoms with Crippen LogP contribution in [0.15, 0.2) is 29.2 Å². The molecule has 1 rings (SSSR count). The van der Waals surface area contributed by atoms with Crippen LogP contribution in [0.25, 0.3) is 0 Å². The Balaban J connectivity index is 3.17. The van der Waals surface area contributed by atoms with E-state index in [0.29, 0.717) is 6.42 Å². The van der Waals surface area contributed by atoms with Gasteiger partial charge in [0.05, 0.1) is 4.90 Å². The van der Waals surface area contributed by atoms with Crippen LogP contribution in [0.3, 0.4) is 0 Å². The van der Waals surface area contributed by atoms with E-state index in [9.17, 15) is 13.2 Å². The molecule has 1 atom stereocenters. The van der Waals surface area contributed by atoms with Gasteiger partial charge in [-0.2, -0.15) is 0 Å². The molecule has 0 aliphatic heterocycles. The lowest BCUT2D eigenvalue weighted by atomic mass is 10.2. The maximum absolute atomic E-state index is 12.3. The minimum atomic E-state index is -3.53. The second kappa shape index (κ2) is 5.45. The second-order valence-corrected chi connectivity index (χ2v) is 6.21. The van der Waals surface area contributed by atoms with Gasteiger partial charge in [0.1, 0.15) is 5.25 Å². The van der Waals surface area contributed by atoms with Crippen LogP contribution >= 0.6 is 0 Å². The molecule has 0 saturated carbocycles. The van der Waals surface area contributed by atoms with Gasteiger partial charge in [0.2, 0.25) is 0 Å². The van der Waals surface area contributed by atoms with Gasteiger partial charge in [0.15, 0.2) is 15.6 Å². The van der Waals surface area contributed by atoms with Crippen LogP contribution in [0.4, 0.5) is 0 Å². The molecule has 0 amide bonds. The zero-order valence-corrected chi connectivity index (χ0v) is 11.3. The highest BCUT2D eigenvalue weighted by Gasteiger charge is 2.30. The number of ketones is 1. The van der Waals surface area contributed by atoms with Gasteiger partial charge in [-0.25, -0.2) is 8.42 Å².